The van der Waals surface area contributed by atoms with Gasteiger partial charge in [0.1, 0.15) is 6.33 Å². The fourth-order valence-corrected chi connectivity index (χ4v) is 1.47. The van der Waals surface area contributed by atoms with Gasteiger partial charge in [-0.1, -0.05) is 17.5 Å². The van der Waals surface area contributed by atoms with E-state index in [2.05, 4.69) is 21.8 Å². The van der Waals surface area contributed by atoms with Crippen molar-refractivity contribution in [3.05, 3.63) is 41.4 Å². The van der Waals surface area contributed by atoms with Gasteiger partial charge in [-0.3, -0.25) is 0 Å². The highest BCUT2D eigenvalue weighted by atomic mass is 35.5. The molecule has 2 rings (SSSR count). The maximum absolute atomic E-state index is 13.6. The van der Waals surface area contributed by atoms with Crippen LogP contribution in [0, 0.1) is 17.7 Å². The Kier molecular flexibility index (Phi) is 4.75. The van der Waals surface area contributed by atoms with Crippen molar-refractivity contribution in [1.29, 1.82) is 0 Å². The summed E-state index contributed by atoms with van der Waals surface area (Å²) in [6.07, 6.45) is 1.26. The molecule has 0 aliphatic rings. The molecule has 6 heteroatoms. The molecule has 1 heterocycles. The van der Waals surface area contributed by atoms with Crippen molar-refractivity contribution in [3.8, 4) is 29.4 Å². The molecule has 102 valence electrons. The van der Waals surface area contributed by atoms with E-state index in [-0.39, 0.29) is 18.2 Å². The third-order valence-corrected chi connectivity index (χ3v) is 2.43. The first kappa shape index (κ1) is 14.1. The van der Waals surface area contributed by atoms with Crippen molar-refractivity contribution in [2.45, 2.75) is 6.92 Å². The number of aromatic nitrogens is 2. The number of hydrogen-bond acceptors (Lipinski definition) is 4. The standard InChI is InChI=1S/C14H10ClFN2O2/c1-2-3-6-19-13-8-14(18-9-17-13)20-12-5-4-10(15)7-11(12)16/h4-5,7-9H,6H2,1H3. The smallest absolute Gasteiger partial charge is 0.226 e. The molecule has 0 saturated heterocycles. The Morgan fingerprint density at radius 3 is 2.80 bits per heavy atom. The number of nitrogens with zero attached hydrogens (tertiary/aromatic N) is 2. The van der Waals surface area contributed by atoms with Gasteiger partial charge < -0.3 is 9.47 Å². The van der Waals surface area contributed by atoms with Crippen molar-refractivity contribution in [2.75, 3.05) is 6.61 Å². The molecule has 2 aromatic rings. The molecule has 1 aromatic carbocycles. The normalized spacial score (nSPS) is 9.55. The molecular formula is C14H10ClFN2O2. The van der Waals surface area contributed by atoms with Gasteiger partial charge in [0.15, 0.2) is 18.2 Å². The van der Waals surface area contributed by atoms with Crippen LogP contribution < -0.4 is 9.47 Å². The van der Waals surface area contributed by atoms with Crippen LogP contribution in [0.2, 0.25) is 5.02 Å². The lowest BCUT2D eigenvalue weighted by molar-refractivity contribution is 0.348. The van der Waals surface area contributed by atoms with Gasteiger partial charge in [0.2, 0.25) is 11.8 Å². The molecule has 4 nitrogen and oxygen atoms in total. The molecule has 0 bridgehead atoms. The SMILES string of the molecule is CC#CCOc1cc(Oc2ccc(Cl)cc2F)ncn1. The molecule has 0 aliphatic carbocycles. The van der Waals surface area contributed by atoms with E-state index in [1.54, 1.807) is 6.92 Å². The Hall–Kier alpha value is -2.32. The van der Waals surface area contributed by atoms with Gasteiger partial charge in [-0.15, -0.1) is 5.92 Å². The summed E-state index contributed by atoms with van der Waals surface area (Å²) in [5.74, 6) is 5.34. The van der Waals surface area contributed by atoms with Crippen LogP contribution in [0.5, 0.6) is 17.5 Å². The zero-order chi connectivity index (χ0) is 14.4. The van der Waals surface area contributed by atoms with Crippen LogP contribution in [-0.2, 0) is 0 Å². The summed E-state index contributed by atoms with van der Waals surface area (Å²) in [5, 5.41) is 0.291. The fourth-order valence-electron chi connectivity index (χ4n) is 1.31. The van der Waals surface area contributed by atoms with Gasteiger partial charge in [-0.05, 0) is 25.1 Å². The number of ether oxygens (including phenoxy) is 2. The Morgan fingerprint density at radius 2 is 2.05 bits per heavy atom. The Balaban J connectivity index is 2.12. The maximum Gasteiger partial charge on any atom is 0.226 e. The van der Waals surface area contributed by atoms with E-state index in [9.17, 15) is 4.39 Å². The summed E-state index contributed by atoms with van der Waals surface area (Å²) in [5.41, 5.74) is 0. The molecule has 0 amide bonds. The molecule has 0 atom stereocenters. The van der Waals surface area contributed by atoms with Crippen LogP contribution >= 0.6 is 11.6 Å². The fraction of sp³-hybridized carbons (Fsp3) is 0.143. The van der Waals surface area contributed by atoms with Gasteiger partial charge in [0.05, 0.1) is 6.07 Å². The summed E-state index contributed by atoms with van der Waals surface area (Å²) in [7, 11) is 0. The van der Waals surface area contributed by atoms with Crippen LogP contribution in [0.15, 0.2) is 30.6 Å². The van der Waals surface area contributed by atoms with Gasteiger partial charge in [-0.25, -0.2) is 14.4 Å². The third kappa shape index (κ3) is 3.84. The summed E-state index contributed by atoms with van der Waals surface area (Å²) in [4.78, 5) is 7.77. The van der Waals surface area contributed by atoms with Crippen LogP contribution in [0.3, 0.4) is 0 Å². The summed E-state index contributed by atoms with van der Waals surface area (Å²) < 4.78 is 24.1. The van der Waals surface area contributed by atoms with Crippen molar-refractivity contribution >= 4 is 11.6 Å². The average Bonchev–Trinajstić information content (AvgIpc) is 2.43. The second kappa shape index (κ2) is 6.73. The zero-order valence-corrected chi connectivity index (χ0v) is 11.3. The molecule has 1 aromatic heterocycles. The van der Waals surface area contributed by atoms with Gasteiger partial charge >= 0.3 is 0 Å². The number of benzene rings is 1. The average molecular weight is 293 g/mol. The molecule has 0 unspecified atom stereocenters. The minimum Gasteiger partial charge on any atom is -0.464 e. The molecule has 0 N–H and O–H groups in total. The Morgan fingerprint density at radius 1 is 1.25 bits per heavy atom. The highest BCUT2D eigenvalue weighted by Gasteiger charge is 2.07. The predicted octanol–water partition coefficient (Wildman–Crippen LogP) is 3.46. The topological polar surface area (TPSA) is 44.2 Å². The summed E-state index contributed by atoms with van der Waals surface area (Å²) in [6, 6.07) is 5.55. The van der Waals surface area contributed by atoms with Crippen LogP contribution in [0.25, 0.3) is 0 Å². The molecule has 0 aliphatic heterocycles. The van der Waals surface area contributed by atoms with Gasteiger partial charge in [0.25, 0.3) is 0 Å². The third-order valence-electron chi connectivity index (χ3n) is 2.19. The molecule has 0 fully saturated rings. The number of rotatable bonds is 4. The molecule has 0 saturated carbocycles. The second-order valence-electron chi connectivity index (χ2n) is 3.59. The van der Waals surface area contributed by atoms with Gasteiger partial charge in [-0.2, -0.15) is 0 Å². The van der Waals surface area contributed by atoms with Crippen molar-refractivity contribution in [3.63, 3.8) is 0 Å². The minimum absolute atomic E-state index is 0.0207. The van der Waals surface area contributed by atoms with Crippen molar-refractivity contribution in [2.24, 2.45) is 0 Å². The first-order chi connectivity index (χ1) is 9.69. The molecule has 20 heavy (non-hydrogen) atoms. The molecule has 0 radical (unpaired) electrons. The second-order valence-corrected chi connectivity index (χ2v) is 4.02. The first-order valence-corrected chi connectivity index (χ1v) is 6.04. The van der Waals surface area contributed by atoms with E-state index in [1.165, 1.54) is 24.5 Å². The van der Waals surface area contributed by atoms with E-state index in [4.69, 9.17) is 21.1 Å². The number of hydrogen-bond donors (Lipinski definition) is 0. The highest BCUT2D eigenvalue weighted by molar-refractivity contribution is 6.30. The van der Waals surface area contributed by atoms with Crippen molar-refractivity contribution < 1.29 is 13.9 Å². The van der Waals surface area contributed by atoms with Gasteiger partial charge in [0, 0.05) is 5.02 Å². The van der Waals surface area contributed by atoms with E-state index >= 15 is 0 Å². The maximum atomic E-state index is 13.6. The van der Waals surface area contributed by atoms with E-state index in [0.29, 0.717) is 10.9 Å². The monoisotopic (exact) mass is 292 g/mol. The highest BCUT2D eigenvalue weighted by Crippen LogP contribution is 2.26. The predicted molar refractivity (Wildman–Crippen MR) is 72.5 cm³/mol. The van der Waals surface area contributed by atoms with Crippen LogP contribution in [-0.4, -0.2) is 16.6 Å². The first-order valence-electron chi connectivity index (χ1n) is 5.66. The van der Waals surface area contributed by atoms with Crippen LogP contribution in [0.1, 0.15) is 6.92 Å². The summed E-state index contributed by atoms with van der Waals surface area (Å²) >= 11 is 5.66. The Bertz CT molecular complexity index is 668. The van der Waals surface area contributed by atoms with E-state index in [1.807, 2.05) is 0 Å². The minimum atomic E-state index is -0.574. The quantitative estimate of drug-likeness (QED) is 0.810. The lowest BCUT2D eigenvalue weighted by atomic mass is 10.3. The lowest BCUT2D eigenvalue weighted by Gasteiger charge is -2.07. The van der Waals surface area contributed by atoms with Crippen LogP contribution in [0.4, 0.5) is 4.39 Å². The Labute approximate surface area is 120 Å². The number of halogens is 2. The van der Waals surface area contributed by atoms with Crippen molar-refractivity contribution in [1.82, 2.24) is 9.97 Å². The zero-order valence-electron chi connectivity index (χ0n) is 10.6. The molecule has 0 spiro atoms. The van der Waals surface area contributed by atoms with E-state index in [0.717, 1.165) is 6.07 Å². The molecular weight excluding hydrogens is 283 g/mol. The van der Waals surface area contributed by atoms with E-state index < -0.39 is 5.82 Å². The largest absolute Gasteiger partial charge is 0.464 e. The lowest BCUT2D eigenvalue weighted by Crippen LogP contribution is -1.98. The summed E-state index contributed by atoms with van der Waals surface area (Å²) in [6.45, 7) is 1.92.